The van der Waals surface area contributed by atoms with Crippen LogP contribution in [0, 0.1) is 0 Å². The van der Waals surface area contributed by atoms with Gasteiger partial charge < -0.3 is 10.0 Å². The second-order valence-electron chi connectivity index (χ2n) is 8.21. The molecule has 0 bridgehead atoms. The Morgan fingerprint density at radius 3 is 2.27 bits per heavy atom. The van der Waals surface area contributed by atoms with Crippen molar-refractivity contribution in [3.8, 4) is 5.75 Å². The Morgan fingerprint density at radius 1 is 1.13 bits per heavy atom. The van der Waals surface area contributed by atoms with Crippen LogP contribution in [0.3, 0.4) is 0 Å². The summed E-state index contributed by atoms with van der Waals surface area (Å²) in [6, 6.07) is 0.263. The predicted octanol–water partition coefficient (Wildman–Crippen LogP) is 4.60. The molecule has 1 aromatic rings. The van der Waals surface area contributed by atoms with Gasteiger partial charge >= 0.3 is 6.18 Å². The van der Waals surface area contributed by atoms with Gasteiger partial charge in [0.05, 0.1) is 11.3 Å². The molecule has 1 fully saturated rings. The first-order chi connectivity index (χ1) is 13.7. The van der Waals surface area contributed by atoms with E-state index in [1.165, 1.54) is 7.05 Å². The van der Waals surface area contributed by atoms with E-state index in [0.717, 1.165) is 24.1 Å². The lowest BCUT2D eigenvalue weighted by molar-refractivity contribution is -0.138. The highest BCUT2D eigenvalue weighted by molar-refractivity contribution is 7.89. The molecule has 1 saturated carbocycles. The van der Waals surface area contributed by atoms with Gasteiger partial charge in [0.25, 0.3) is 0 Å². The first kappa shape index (κ1) is 23.1. The number of fused-ring (bicyclic) bond motifs is 1. The van der Waals surface area contributed by atoms with Crippen LogP contribution >= 0.6 is 0 Å². The summed E-state index contributed by atoms with van der Waals surface area (Å²) in [5.74, 6) is -4.17. The third-order valence-electron chi connectivity index (χ3n) is 5.95. The lowest BCUT2D eigenvalue weighted by atomic mass is 10.0. The molecule has 0 radical (unpaired) electrons. The molecule has 1 aromatic carbocycles. The number of aromatic hydroxyl groups is 1. The molecular formula is C19H25F5N2O3S. The highest BCUT2D eigenvalue weighted by Crippen LogP contribution is 2.45. The molecule has 0 aromatic heterocycles. The zero-order valence-corrected chi connectivity index (χ0v) is 17.5. The predicted molar refractivity (Wildman–Crippen MR) is 101 cm³/mol. The number of alkyl halides is 5. The van der Waals surface area contributed by atoms with Crippen LogP contribution in [0.1, 0.15) is 51.0 Å². The van der Waals surface area contributed by atoms with Crippen molar-refractivity contribution in [3.63, 3.8) is 0 Å². The second kappa shape index (κ2) is 7.81. The van der Waals surface area contributed by atoms with Crippen molar-refractivity contribution in [2.24, 2.45) is 0 Å². The molecule has 1 atom stereocenters. The number of rotatable bonds is 4. The van der Waals surface area contributed by atoms with E-state index in [0.29, 0.717) is 25.0 Å². The van der Waals surface area contributed by atoms with Crippen LogP contribution in [0.5, 0.6) is 5.75 Å². The molecular weight excluding hydrogens is 431 g/mol. The second-order valence-corrected chi connectivity index (χ2v) is 10.2. The SMILES string of the molecule is CN1[C@H](CCC(C)(F)F)CN(C2CCCC2)c2cc(C(F)(F)F)c(O)cc2S1(=O)=O. The lowest BCUT2D eigenvalue weighted by Gasteiger charge is -2.34. The standard InChI is InChI=1S/C19H25F5N2O3S/c1-18(20,21)8-7-13-11-26(12-5-3-4-6-12)15-9-14(19(22,23)24)16(27)10-17(15)30(28,29)25(13)2/h9-10,12-13,27H,3-8,11H2,1-2H3/t13-/m1/s1. The summed E-state index contributed by atoms with van der Waals surface area (Å²) in [5.41, 5.74) is -1.45. The van der Waals surface area contributed by atoms with Crippen molar-refractivity contribution in [1.29, 1.82) is 0 Å². The van der Waals surface area contributed by atoms with Crippen molar-refractivity contribution in [3.05, 3.63) is 17.7 Å². The van der Waals surface area contributed by atoms with E-state index in [1.807, 2.05) is 0 Å². The van der Waals surface area contributed by atoms with Crippen LogP contribution in [-0.4, -0.2) is 49.4 Å². The molecule has 1 aliphatic heterocycles. The largest absolute Gasteiger partial charge is 0.507 e. The molecule has 11 heteroatoms. The van der Waals surface area contributed by atoms with Crippen LogP contribution in [0.2, 0.25) is 0 Å². The van der Waals surface area contributed by atoms with Gasteiger partial charge in [0, 0.05) is 38.2 Å². The summed E-state index contributed by atoms with van der Waals surface area (Å²) in [6.45, 7) is 0.751. The number of nitrogens with zero attached hydrogens (tertiary/aromatic N) is 2. The number of benzene rings is 1. The summed E-state index contributed by atoms with van der Waals surface area (Å²) in [5, 5.41) is 9.92. The fourth-order valence-electron chi connectivity index (χ4n) is 4.26. The summed E-state index contributed by atoms with van der Waals surface area (Å²) in [4.78, 5) is 1.17. The number of likely N-dealkylation sites (N-methyl/N-ethyl adjacent to an activating group) is 1. The highest BCUT2D eigenvalue weighted by Gasteiger charge is 2.43. The zero-order valence-electron chi connectivity index (χ0n) is 16.7. The van der Waals surface area contributed by atoms with Crippen LogP contribution in [0.25, 0.3) is 0 Å². The Kier molecular flexibility index (Phi) is 6.00. The fraction of sp³-hybridized carbons (Fsp3) is 0.684. The van der Waals surface area contributed by atoms with Gasteiger partial charge in [0.15, 0.2) is 0 Å². The number of phenols is 1. The van der Waals surface area contributed by atoms with Gasteiger partial charge in [0.2, 0.25) is 15.9 Å². The minimum Gasteiger partial charge on any atom is -0.507 e. The molecule has 30 heavy (non-hydrogen) atoms. The van der Waals surface area contributed by atoms with E-state index in [-0.39, 0.29) is 24.7 Å². The smallest absolute Gasteiger partial charge is 0.420 e. The molecule has 2 aliphatic rings. The highest BCUT2D eigenvalue weighted by atomic mass is 32.2. The van der Waals surface area contributed by atoms with Crippen molar-refractivity contribution >= 4 is 15.7 Å². The topological polar surface area (TPSA) is 60.9 Å². The summed E-state index contributed by atoms with van der Waals surface area (Å²) in [7, 11) is -3.06. The molecule has 1 heterocycles. The normalized spacial score (nSPS) is 23.4. The minimum absolute atomic E-state index is 0.00551. The minimum atomic E-state index is -4.87. The Balaban J connectivity index is 2.15. The Labute approximate surface area is 172 Å². The van der Waals surface area contributed by atoms with Gasteiger partial charge in [-0.15, -0.1) is 0 Å². The first-order valence-corrected chi connectivity index (χ1v) is 11.2. The van der Waals surface area contributed by atoms with Gasteiger partial charge in [-0.1, -0.05) is 12.8 Å². The van der Waals surface area contributed by atoms with Gasteiger partial charge in [0.1, 0.15) is 10.6 Å². The van der Waals surface area contributed by atoms with E-state index in [9.17, 15) is 35.5 Å². The van der Waals surface area contributed by atoms with Crippen LogP contribution in [0.15, 0.2) is 17.0 Å². The average molecular weight is 456 g/mol. The molecule has 0 amide bonds. The van der Waals surface area contributed by atoms with Gasteiger partial charge in [-0.05, 0) is 32.3 Å². The summed E-state index contributed by atoms with van der Waals surface area (Å²) < 4.78 is 94.4. The molecule has 1 aliphatic carbocycles. The first-order valence-electron chi connectivity index (χ1n) is 9.78. The number of phenolic OH excluding ortho intramolecular Hbond substituents is 1. The Morgan fingerprint density at radius 2 is 1.73 bits per heavy atom. The number of sulfonamides is 1. The number of halogens is 5. The van der Waals surface area contributed by atoms with Crippen LogP contribution in [0.4, 0.5) is 27.6 Å². The van der Waals surface area contributed by atoms with Crippen LogP contribution in [-0.2, 0) is 16.2 Å². The Bertz CT molecular complexity index is 893. The number of anilines is 1. The van der Waals surface area contributed by atoms with E-state index in [1.54, 1.807) is 4.90 Å². The van der Waals surface area contributed by atoms with Crippen molar-refractivity contribution in [2.45, 2.75) is 74.5 Å². The zero-order chi connectivity index (χ0) is 22.5. The molecule has 1 N–H and O–H groups in total. The third-order valence-corrected chi connectivity index (χ3v) is 7.89. The maximum absolute atomic E-state index is 13.5. The monoisotopic (exact) mass is 456 g/mol. The maximum Gasteiger partial charge on any atom is 0.420 e. The number of hydrogen-bond donors (Lipinski definition) is 1. The lowest BCUT2D eigenvalue weighted by Crippen LogP contribution is -2.45. The van der Waals surface area contributed by atoms with Crippen molar-refractivity contribution in [1.82, 2.24) is 4.31 Å². The quantitative estimate of drug-likeness (QED) is 0.673. The van der Waals surface area contributed by atoms with Gasteiger partial charge in [-0.2, -0.15) is 17.5 Å². The van der Waals surface area contributed by atoms with Gasteiger partial charge in [-0.3, -0.25) is 0 Å². The van der Waals surface area contributed by atoms with E-state index >= 15 is 0 Å². The van der Waals surface area contributed by atoms with Crippen molar-refractivity contribution in [2.75, 3.05) is 18.5 Å². The van der Waals surface area contributed by atoms with E-state index < -0.39 is 50.8 Å². The average Bonchev–Trinajstić information content (AvgIpc) is 3.11. The van der Waals surface area contributed by atoms with Gasteiger partial charge in [-0.25, -0.2) is 17.2 Å². The Hall–Kier alpha value is -1.62. The molecule has 0 saturated heterocycles. The fourth-order valence-corrected chi connectivity index (χ4v) is 5.84. The van der Waals surface area contributed by atoms with Crippen molar-refractivity contribution < 1.29 is 35.5 Å². The molecule has 5 nitrogen and oxygen atoms in total. The van der Waals surface area contributed by atoms with E-state index in [2.05, 4.69) is 0 Å². The maximum atomic E-state index is 13.5. The summed E-state index contributed by atoms with van der Waals surface area (Å²) in [6.07, 6.45) is -2.53. The molecule has 170 valence electrons. The van der Waals surface area contributed by atoms with E-state index in [4.69, 9.17) is 0 Å². The van der Waals surface area contributed by atoms with Crippen LogP contribution < -0.4 is 4.90 Å². The number of hydrogen-bond acceptors (Lipinski definition) is 4. The molecule has 3 rings (SSSR count). The summed E-state index contributed by atoms with van der Waals surface area (Å²) >= 11 is 0. The third kappa shape index (κ3) is 4.51. The molecule has 0 spiro atoms. The molecule has 0 unspecified atom stereocenters.